The van der Waals surface area contributed by atoms with E-state index in [1.165, 1.54) is 11.5 Å². The third-order valence-corrected chi connectivity index (χ3v) is 3.05. The molecule has 0 unspecified atom stereocenters. The number of anilines is 1. The van der Waals surface area contributed by atoms with Crippen LogP contribution in [-0.4, -0.2) is 29.8 Å². The number of rotatable bonds is 7. The molecular weight excluding hydrogens is 250 g/mol. The molecule has 2 rings (SSSR count). The molecule has 6 heteroatoms. The Morgan fingerprint density at radius 2 is 2.06 bits per heavy atom. The Balaban J connectivity index is 1.65. The van der Waals surface area contributed by atoms with Crippen LogP contribution in [0.25, 0.3) is 0 Å². The second-order valence-electron chi connectivity index (χ2n) is 3.51. The molecule has 0 saturated carbocycles. The van der Waals surface area contributed by atoms with Gasteiger partial charge in [-0.2, -0.15) is 0 Å². The minimum absolute atomic E-state index is 0.449. The van der Waals surface area contributed by atoms with Crippen molar-refractivity contribution in [2.75, 3.05) is 25.6 Å². The highest BCUT2D eigenvalue weighted by atomic mass is 32.1. The topological polar surface area (TPSA) is 56.3 Å². The maximum absolute atomic E-state index is 5.51. The molecule has 0 aliphatic rings. The van der Waals surface area contributed by atoms with Crippen molar-refractivity contribution >= 4 is 16.5 Å². The van der Waals surface area contributed by atoms with E-state index in [4.69, 9.17) is 9.47 Å². The second kappa shape index (κ2) is 6.93. The summed E-state index contributed by atoms with van der Waals surface area (Å²) in [7, 11) is 1.84. The molecule has 5 nitrogen and oxygen atoms in total. The summed E-state index contributed by atoms with van der Waals surface area (Å²) in [5, 5.41) is 7.95. The Morgan fingerprint density at radius 3 is 2.83 bits per heavy atom. The van der Waals surface area contributed by atoms with Gasteiger partial charge in [0, 0.05) is 18.6 Å². The van der Waals surface area contributed by atoms with Gasteiger partial charge in [0.2, 0.25) is 0 Å². The summed E-state index contributed by atoms with van der Waals surface area (Å²) in [4.78, 5) is 0. The van der Waals surface area contributed by atoms with Gasteiger partial charge in [0.25, 0.3) is 0 Å². The number of ether oxygens (including phenoxy) is 2. The van der Waals surface area contributed by atoms with Gasteiger partial charge < -0.3 is 14.8 Å². The van der Waals surface area contributed by atoms with E-state index in [2.05, 4.69) is 14.9 Å². The van der Waals surface area contributed by atoms with Gasteiger partial charge in [0.05, 0.1) is 13.2 Å². The molecule has 0 atom stereocenters. The van der Waals surface area contributed by atoms with Crippen molar-refractivity contribution in [3.8, 4) is 5.75 Å². The summed E-state index contributed by atoms with van der Waals surface area (Å²) >= 11 is 1.33. The van der Waals surface area contributed by atoms with Gasteiger partial charge in [-0.3, -0.25) is 0 Å². The van der Waals surface area contributed by atoms with Crippen molar-refractivity contribution in [2.45, 2.75) is 6.61 Å². The van der Waals surface area contributed by atoms with Crippen LogP contribution in [0, 0.1) is 0 Å². The summed E-state index contributed by atoms with van der Waals surface area (Å²) < 4.78 is 14.8. The number of para-hydroxylation sites is 1. The van der Waals surface area contributed by atoms with Crippen LogP contribution in [0.5, 0.6) is 5.75 Å². The lowest BCUT2D eigenvalue weighted by molar-refractivity contribution is 0.0872. The number of nitrogens with zero attached hydrogens (tertiary/aromatic N) is 2. The first kappa shape index (κ1) is 12.8. The first-order valence-electron chi connectivity index (χ1n) is 5.64. The van der Waals surface area contributed by atoms with Crippen LogP contribution in [0.3, 0.4) is 0 Å². The Labute approximate surface area is 110 Å². The zero-order valence-electron chi connectivity index (χ0n) is 10.1. The summed E-state index contributed by atoms with van der Waals surface area (Å²) in [5.74, 6) is 0.854. The van der Waals surface area contributed by atoms with Crippen molar-refractivity contribution in [2.24, 2.45) is 0 Å². The molecule has 0 saturated heterocycles. The zero-order chi connectivity index (χ0) is 12.6. The molecule has 1 N–H and O–H groups in total. The molecule has 0 aliphatic carbocycles. The molecule has 0 spiro atoms. The number of aromatic nitrogens is 2. The number of nitrogens with one attached hydrogen (secondary N) is 1. The van der Waals surface area contributed by atoms with Crippen molar-refractivity contribution in [1.82, 2.24) is 9.59 Å². The smallest absolute Gasteiger partial charge is 0.135 e. The van der Waals surface area contributed by atoms with E-state index < -0.39 is 0 Å². The van der Waals surface area contributed by atoms with E-state index in [1.54, 1.807) is 0 Å². The lowest BCUT2D eigenvalue weighted by Gasteiger charge is -2.06. The average molecular weight is 265 g/mol. The van der Waals surface area contributed by atoms with Gasteiger partial charge in [-0.1, -0.05) is 22.7 Å². The maximum Gasteiger partial charge on any atom is 0.135 e. The Bertz CT molecular complexity index is 461. The van der Waals surface area contributed by atoms with Crippen molar-refractivity contribution < 1.29 is 9.47 Å². The van der Waals surface area contributed by atoms with E-state index in [0.717, 1.165) is 16.4 Å². The SMILES string of the molecule is CNc1snnc1COCCOc1ccccc1. The van der Waals surface area contributed by atoms with Crippen LogP contribution in [0.2, 0.25) is 0 Å². The van der Waals surface area contributed by atoms with E-state index in [0.29, 0.717) is 19.8 Å². The predicted molar refractivity (Wildman–Crippen MR) is 71.0 cm³/mol. The molecule has 0 radical (unpaired) electrons. The molecule has 0 bridgehead atoms. The molecule has 0 aliphatic heterocycles. The van der Waals surface area contributed by atoms with Crippen LogP contribution >= 0.6 is 11.5 Å². The molecule has 1 aromatic heterocycles. The minimum Gasteiger partial charge on any atom is -0.491 e. The van der Waals surface area contributed by atoms with Gasteiger partial charge in [-0.15, -0.1) is 5.10 Å². The molecule has 1 heterocycles. The van der Waals surface area contributed by atoms with Crippen LogP contribution in [0.4, 0.5) is 5.00 Å². The summed E-state index contributed by atoms with van der Waals surface area (Å²) in [5.41, 5.74) is 0.835. The molecule has 18 heavy (non-hydrogen) atoms. The van der Waals surface area contributed by atoms with Gasteiger partial charge in [-0.05, 0) is 12.1 Å². The van der Waals surface area contributed by atoms with Crippen LogP contribution < -0.4 is 10.1 Å². The standard InChI is InChI=1S/C12H15N3O2S/c1-13-12-11(14-15-18-12)9-16-7-8-17-10-5-3-2-4-6-10/h2-6,13H,7-9H2,1H3. The Kier molecular flexibility index (Phi) is 4.92. The van der Waals surface area contributed by atoms with Gasteiger partial charge >= 0.3 is 0 Å². The molecular formula is C12H15N3O2S. The maximum atomic E-state index is 5.51. The largest absolute Gasteiger partial charge is 0.491 e. The van der Waals surface area contributed by atoms with E-state index >= 15 is 0 Å². The highest BCUT2D eigenvalue weighted by Gasteiger charge is 2.05. The molecule has 2 aromatic rings. The first-order chi connectivity index (χ1) is 8.90. The summed E-state index contributed by atoms with van der Waals surface area (Å²) in [6.07, 6.45) is 0. The van der Waals surface area contributed by atoms with Crippen molar-refractivity contribution in [3.05, 3.63) is 36.0 Å². The third kappa shape index (κ3) is 3.68. The monoisotopic (exact) mass is 265 g/mol. The lowest BCUT2D eigenvalue weighted by Crippen LogP contribution is -2.07. The fourth-order valence-corrected chi connectivity index (χ4v) is 1.91. The molecule has 96 valence electrons. The van der Waals surface area contributed by atoms with Crippen LogP contribution in [0.1, 0.15) is 5.69 Å². The minimum atomic E-state index is 0.449. The van der Waals surface area contributed by atoms with Gasteiger partial charge in [0.15, 0.2) is 0 Å². The lowest BCUT2D eigenvalue weighted by atomic mass is 10.3. The quantitative estimate of drug-likeness (QED) is 0.778. The van der Waals surface area contributed by atoms with E-state index in [-0.39, 0.29) is 0 Å². The fraction of sp³-hybridized carbons (Fsp3) is 0.333. The van der Waals surface area contributed by atoms with Crippen LogP contribution in [0.15, 0.2) is 30.3 Å². The van der Waals surface area contributed by atoms with E-state index in [9.17, 15) is 0 Å². The van der Waals surface area contributed by atoms with E-state index in [1.807, 2.05) is 37.4 Å². The number of hydrogen-bond donors (Lipinski definition) is 1. The second-order valence-corrected chi connectivity index (χ2v) is 4.27. The fourth-order valence-electron chi connectivity index (χ4n) is 1.40. The highest BCUT2D eigenvalue weighted by molar-refractivity contribution is 7.10. The average Bonchev–Trinajstić information content (AvgIpc) is 2.87. The molecule has 0 amide bonds. The van der Waals surface area contributed by atoms with Gasteiger partial charge in [0.1, 0.15) is 23.1 Å². The Morgan fingerprint density at radius 1 is 1.22 bits per heavy atom. The zero-order valence-corrected chi connectivity index (χ0v) is 10.9. The Hall–Kier alpha value is -1.66. The first-order valence-corrected chi connectivity index (χ1v) is 6.42. The third-order valence-electron chi connectivity index (χ3n) is 2.26. The predicted octanol–water partition coefficient (Wildman–Crippen LogP) is 2.18. The summed E-state index contributed by atoms with van der Waals surface area (Å²) in [6, 6.07) is 9.68. The normalized spacial score (nSPS) is 10.3. The number of benzene rings is 1. The van der Waals surface area contributed by atoms with Crippen molar-refractivity contribution in [1.29, 1.82) is 0 Å². The molecule has 1 aromatic carbocycles. The molecule has 0 fully saturated rings. The van der Waals surface area contributed by atoms with Gasteiger partial charge in [-0.25, -0.2) is 0 Å². The highest BCUT2D eigenvalue weighted by Crippen LogP contribution is 2.17. The van der Waals surface area contributed by atoms with Crippen molar-refractivity contribution in [3.63, 3.8) is 0 Å². The van der Waals surface area contributed by atoms with Crippen LogP contribution in [-0.2, 0) is 11.3 Å². The summed E-state index contributed by atoms with van der Waals surface area (Å²) in [6.45, 7) is 1.50. The number of hydrogen-bond acceptors (Lipinski definition) is 6.